The summed E-state index contributed by atoms with van der Waals surface area (Å²) in [5.74, 6) is 0. The van der Waals surface area contributed by atoms with Crippen LogP contribution in [0.3, 0.4) is 0 Å². The summed E-state index contributed by atoms with van der Waals surface area (Å²) < 4.78 is 37.6. The largest absolute Gasteiger partial charge is 0.415 e. The Morgan fingerprint density at radius 1 is 1.44 bits per heavy atom. The van der Waals surface area contributed by atoms with Crippen molar-refractivity contribution in [3.63, 3.8) is 0 Å². The molecule has 1 aromatic heterocycles. The summed E-state index contributed by atoms with van der Waals surface area (Å²) in [5, 5.41) is 11.3. The number of aliphatic hydroxyl groups excluding tert-OH is 1. The lowest BCUT2D eigenvalue weighted by Crippen LogP contribution is -2.38. The molecule has 1 rings (SSSR count). The molecule has 2 N–H and O–H groups in total. The third-order valence-electron chi connectivity index (χ3n) is 1.71. The number of nitrogens with one attached hydrogen (secondary N) is 1. The molecule has 0 aliphatic rings. The minimum absolute atomic E-state index is 0.294. The summed E-state index contributed by atoms with van der Waals surface area (Å²) in [4.78, 5) is 0.883. The second-order valence-corrected chi connectivity index (χ2v) is 6.33. The lowest BCUT2D eigenvalue weighted by atomic mass is 10.3. The SMILES string of the molecule is OC(CNCc1cc(Br)c(Br)s1)C(F)(F)F. The van der Waals surface area contributed by atoms with Crippen molar-refractivity contribution in [1.29, 1.82) is 0 Å². The molecule has 0 aliphatic carbocycles. The van der Waals surface area contributed by atoms with Crippen LogP contribution in [0.25, 0.3) is 0 Å². The fourth-order valence-electron chi connectivity index (χ4n) is 0.926. The van der Waals surface area contributed by atoms with Gasteiger partial charge in [0.2, 0.25) is 0 Å². The van der Waals surface area contributed by atoms with Crippen molar-refractivity contribution in [3.8, 4) is 0 Å². The van der Waals surface area contributed by atoms with Gasteiger partial charge in [0.05, 0.1) is 3.79 Å². The van der Waals surface area contributed by atoms with E-state index in [0.29, 0.717) is 6.54 Å². The van der Waals surface area contributed by atoms with Gasteiger partial charge >= 0.3 is 6.18 Å². The second-order valence-electron chi connectivity index (χ2n) is 3.02. The monoisotopic (exact) mass is 381 g/mol. The van der Waals surface area contributed by atoms with Crippen LogP contribution in [0.1, 0.15) is 4.88 Å². The molecule has 16 heavy (non-hydrogen) atoms. The van der Waals surface area contributed by atoms with E-state index in [9.17, 15) is 13.2 Å². The van der Waals surface area contributed by atoms with Gasteiger partial charge in [-0.1, -0.05) is 0 Å². The third kappa shape index (κ3) is 4.33. The number of rotatable bonds is 4. The van der Waals surface area contributed by atoms with Crippen LogP contribution in [-0.2, 0) is 6.54 Å². The molecule has 0 saturated carbocycles. The Bertz CT molecular complexity index is 336. The Morgan fingerprint density at radius 2 is 2.06 bits per heavy atom. The maximum atomic E-state index is 11.9. The van der Waals surface area contributed by atoms with E-state index in [1.54, 1.807) is 0 Å². The van der Waals surface area contributed by atoms with Crippen molar-refractivity contribution in [2.24, 2.45) is 0 Å². The molecule has 8 heteroatoms. The molecule has 92 valence electrons. The average Bonchev–Trinajstić information content (AvgIpc) is 2.44. The van der Waals surface area contributed by atoms with Gasteiger partial charge in [0, 0.05) is 22.4 Å². The topological polar surface area (TPSA) is 32.3 Å². The highest BCUT2D eigenvalue weighted by molar-refractivity contribution is 9.13. The quantitative estimate of drug-likeness (QED) is 0.837. The molecule has 0 radical (unpaired) electrons. The normalized spacial score (nSPS) is 14.1. The summed E-state index contributed by atoms with van der Waals surface area (Å²) in [5.41, 5.74) is 0. The summed E-state index contributed by atoms with van der Waals surface area (Å²) in [6, 6.07) is 1.81. The molecule has 0 bridgehead atoms. The predicted molar refractivity (Wildman–Crippen MR) is 63.5 cm³/mol. The molecule has 0 amide bonds. The van der Waals surface area contributed by atoms with Crippen LogP contribution in [0.15, 0.2) is 14.3 Å². The highest BCUT2D eigenvalue weighted by Crippen LogP contribution is 2.32. The van der Waals surface area contributed by atoms with Gasteiger partial charge in [0.1, 0.15) is 0 Å². The summed E-state index contributed by atoms with van der Waals surface area (Å²) >= 11 is 7.98. The van der Waals surface area contributed by atoms with Crippen LogP contribution in [0, 0.1) is 0 Å². The van der Waals surface area contributed by atoms with Crippen LogP contribution in [0.2, 0.25) is 0 Å². The van der Waals surface area contributed by atoms with E-state index in [1.807, 2.05) is 6.07 Å². The van der Waals surface area contributed by atoms with Crippen LogP contribution in [0.4, 0.5) is 13.2 Å². The smallest absolute Gasteiger partial charge is 0.382 e. The van der Waals surface area contributed by atoms with Crippen molar-refractivity contribution < 1.29 is 18.3 Å². The molecule has 2 nitrogen and oxygen atoms in total. The van der Waals surface area contributed by atoms with E-state index in [2.05, 4.69) is 37.2 Å². The van der Waals surface area contributed by atoms with E-state index >= 15 is 0 Å². The summed E-state index contributed by atoms with van der Waals surface area (Å²) in [6.45, 7) is -0.210. The maximum Gasteiger partial charge on any atom is 0.415 e. The molecule has 0 aromatic carbocycles. The second kappa shape index (κ2) is 5.81. The number of aliphatic hydroxyl groups is 1. The number of alkyl halides is 3. The maximum absolute atomic E-state index is 11.9. The Balaban J connectivity index is 2.36. The molecule has 1 aromatic rings. The Hall–Kier alpha value is 0.370. The molecule has 1 atom stereocenters. The van der Waals surface area contributed by atoms with Crippen molar-refractivity contribution in [3.05, 3.63) is 19.2 Å². The molecule has 1 unspecified atom stereocenters. The van der Waals surface area contributed by atoms with Crippen molar-refractivity contribution in [1.82, 2.24) is 5.32 Å². The van der Waals surface area contributed by atoms with E-state index in [0.717, 1.165) is 13.1 Å². The molecule has 0 saturated heterocycles. The highest BCUT2D eigenvalue weighted by Gasteiger charge is 2.37. The average molecular weight is 383 g/mol. The molecule has 1 heterocycles. The standard InChI is InChI=1S/C8H8Br2F3NOS/c9-5-1-4(16-7(5)10)2-14-3-6(15)8(11,12)13/h1,6,14-15H,2-3H2. The van der Waals surface area contributed by atoms with Crippen molar-refractivity contribution in [2.75, 3.05) is 6.54 Å². The summed E-state index contributed by atoms with van der Waals surface area (Å²) in [7, 11) is 0. The molecular formula is C8H8Br2F3NOS. The zero-order chi connectivity index (χ0) is 12.3. The van der Waals surface area contributed by atoms with Gasteiger partial charge in [-0.25, -0.2) is 0 Å². The van der Waals surface area contributed by atoms with Gasteiger partial charge in [-0.05, 0) is 37.9 Å². The molecule has 0 fully saturated rings. The van der Waals surface area contributed by atoms with E-state index in [1.165, 1.54) is 11.3 Å². The third-order valence-corrected chi connectivity index (χ3v) is 4.97. The minimum Gasteiger partial charge on any atom is -0.382 e. The van der Waals surface area contributed by atoms with Crippen LogP contribution < -0.4 is 5.32 Å². The van der Waals surface area contributed by atoms with E-state index < -0.39 is 18.8 Å². The molecular weight excluding hydrogens is 375 g/mol. The lowest BCUT2D eigenvalue weighted by molar-refractivity contribution is -0.201. The fourth-order valence-corrected chi connectivity index (χ4v) is 3.07. The predicted octanol–water partition coefficient (Wildman–Crippen LogP) is 3.29. The zero-order valence-electron chi connectivity index (χ0n) is 7.81. The minimum atomic E-state index is -4.57. The van der Waals surface area contributed by atoms with Gasteiger partial charge in [-0.15, -0.1) is 11.3 Å². The number of hydrogen-bond acceptors (Lipinski definition) is 3. The summed E-state index contributed by atoms with van der Waals surface area (Å²) in [6.07, 6.45) is -6.89. The van der Waals surface area contributed by atoms with E-state index in [4.69, 9.17) is 5.11 Å². The first-order valence-corrected chi connectivity index (χ1v) is 6.60. The van der Waals surface area contributed by atoms with Gasteiger partial charge in [-0.2, -0.15) is 13.2 Å². The van der Waals surface area contributed by atoms with Crippen molar-refractivity contribution >= 4 is 43.2 Å². The van der Waals surface area contributed by atoms with Gasteiger partial charge < -0.3 is 10.4 Å². The Morgan fingerprint density at radius 3 is 2.50 bits per heavy atom. The Labute approximate surface area is 111 Å². The van der Waals surface area contributed by atoms with Crippen LogP contribution in [0.5, 0.6) is 0 Å². The van der Waals surface area contributed by atoms with Crippen molar-refractivity contribution in [2.45, 2.75) is 18.8 Å². The number of hydrogen-bond donors (Lipinski definition) is 2. The van der Waals surface area contributed by atoms with Gasteiger partial charge in [-0.3, -0.25) is 0 Å². The number of thiophene rings is 1. The first kappa shape index (κ1) is 14.4. The highest BCUT2D eigenvalue weighted by atomic mass is 79.9. The van der Waals surface area contributed by atoms with Gasteiger partial charge in [0.25, 0.3) is 0 Å². The first-order valence-electron chi connectivity index (χ1n) is 4.20. The van der Waals surface area contributed by atoms with Crippen LogP contribution in [-0.4, -0.2) is 23.9 Å². The Kier molecular flexibility index (Phi) is 5.24. The van der Waals surface area contributed by atoms with E-state index in [-0.39, 0.29) is 0 Å². The zero-order valence-corrected chi connectivity index (χ0v) is 11.8. The number of halogens is 5. The first-order chi connectivity index (χ1) is 7.30. The van der Waals surface area contributed by atoms with Gasteiger partial charge in [0.15, 0.2) is 6.10 Å². The van der Waals surface area contributed by atoms with Crippen LogP contribution >= 0.6 is 43.2 Å². The molecule has 0 aliphatic heterocycles. The molecule has 0 spiro atoms. The lowest BCUT2D eigenvalue weighted by Gasteiger charge is -2.14. The fraction of sp³-hybridized carbons (Fsp3) is 0.500.